The molecule has 25 heavy (non-hydrogen) atoms. The molecular formula is C18H15ClFN3OS. The molecule has 0 aliphatic carbocycles. The van der Waals surface area contributed by atoms with Crippen molar-refractivity contribution < 1.29 is 9.18 Å². The molecule has 3 aromatic rings. The van der Waals surface area contributed by atoms with Crippen molar-refractivity contribution in [2.24, 2.45) is 7.05 Å². The molecule has 0 saturated heterocycles. The summed E-state index contributed by atoms with van der Waals surface area (Å²) < 4.78 is 14.9. The van der Waals surface area contributed by atoms with Crippen molar-refractivity contribution in [3.63, 3.8) is 0 Å². The van der Waals surface area contributed by atoms with E-state index in [4.69, 9.17) is 11.6 Å². The van der Waals surface area contributed by atoms with Gasteiger partial charge in [-0.2, -0.15) is 0 Å². The number of rotatable bonds is 5. The van der Waals surface area contributed by atoms with Gasteiger partial charge in [-0.15, -0.1) is 0 Å². The second kappa shape index (κ2) is 7.72. The van der Waals surface area contributed by atoms with Crippen LogP contribution < -0.4 is 5.32 Å². The predicted molar refractivity (Wildman–Crippen MR) is 99.4 cm³/mol. The summed E-state index contributed by atoms with van der Waals surface area (Å²) in [6, 6.07) is 13.2. The van der Waals surface area contributed by atoms with Gasteiger partial charge in [0.05, 0.1) is 17.6 Å². The molecule has 1 heterocycles. The summed E-state index contributed by atoms with van der Waals surface area (Å²) in [5.74, 6) is -0.197. The molecule has 0 radical (unpaired) electrons. The summed E-state index contributed by atoms with van der Waals surface area (Å²) in [4.78, 5) is 16.4. The highest BCUT2D eigenvalue weighted by Gasteiger charge is 2.11. The largest absolute Gasteiger partial charge is 0.325 e. The van der Waals surface area contributed by atoms with E-state index in [1.54, 1.807) is 42.6 Å². The molecule has 4 nitrogen and oxygen atoms in total. The van der Waals surface area contributed by atoms with Crippen molar-refractivity contribution in [2.75, 3.05) is 11.1 Å². The van der Waals surface area contributed by atoms with E-state index in [1.807, 2.05) is 11.6 Å². The lowest BCUT2D eigenvalue weighted by molar-refractivity contribution is -0.113. The number of carbonyl (C=O) groups excluding carboxylic acids is 1. The summed E-state index contributed by atoms with van der Waals surface area (Å²) in [5.41, 5.74) is 2.38. The van der Waals surface area contributed by atoms with Gasteiger partial charge >= 0.3 is 0 Å². The lowest BCUT2D eigenvalue weighted by Crippen LogP contribution is -2.14. The summed E-state index contributed by atoms with van der Waals surface area (Å²) in [7, 11) is 1.86. The van der Waals surface area contributed by atoms with Crippen LogP contribution in [0.1, 0.15) is 0 Å². The third-order valence-electron chi connectivity index (χ3n) is 3.53. The summed E-state index contributed by atoms with van der Waals surface area (Å²) >= 11 is 7.23. The molecule has 1 N–H and O–H groups in total. The monoisotopic (exact) mass is 375 g/mol. The Morgan fingerprint density at radius 3 is 2.76 bits per heavy atom. The van der Waals surface area contributed by atoms with Gasteiger partial charge in [-0.1, -0.05) is 29.4 Å². The average molecular weight is 376 g/mol. The zero-order chi connectivity index (χ0) is 17.8. The van der Waals surface area contributed by atoms with Gasteiger partial charge in [-0.3, -0.25) is 4.79 Å². The first kappa shape index (κ1) is 17.5. The van der Waals surface area contributed by atoms with Gasteiger partial charge in [-0.25, -0.2) is 9.37 Å². The number of hydrogen-bond donors (Lipinski definition) is 1. The van der Waals surface area contributed by atoms with Crippen LogP contribution in [0.3, 0.4) is 0 Å². The number of nitrogens with one attached hydrogen (secondary N) is 1. The van der Waals surface area contributed by atoms with E-state index in [9.17, 15) is 9.18 Å². The number of halogens is 2. The first-order valence-electron chi connectivity index (χ1n) is 7.49. The molecule has 0 saturated carbocycles. The molecular weight excluding hydrogens is 361 g/mol. The van der Waals surface area contributed by atoms with Crippen molar-refractivity contribution in [1.82, 2.24) is 9.55 Å². The molecule has 7 heteroatoms. The number of hydrogen-bond acceptors (Lipinski definition) is 3. The number of aromatic nitrogens is 2. The zero-order valence-corrected chi connectivity index (χ0v) is 14.9. The molecule has 0 fully saturated rings. The van der Waals surface area contributed by atoms with E-state index in [-0.39, 0.29) is 17.5 Å². The Hall–Kier alpha value is -2.31. The highest BCUT2D eigenvalue weighted by atomic mass is 35.5. The highest BCUT2D eigenvalue weighted by molar-refractivity contribution is 7.99. The number of amides is 1. The first-order valence-corrected chi connectivity index (χ1v) is 8.85. The van der Waals surface area contributed by atoms with Gasteiger partial charge in [0.1, 0.15) is 5.82 Å². The van der Waals surface area contributed by atoms with Gasteiger partial charge in [0.15, 0.2) is 5.16 Å². The highest BCUT2D eigenvalue weighted by Crippen LogP contribution is 2.25. The van der Waals surface area contributed by atoms with Gasteiger partial charge in [0.2, 0.25) is 5.91 Å². The van der Waals surface area contributed by atoms with Crippen LogP contribution in [0.4, 0.5) is 10.1 Å². The molecule has 2 aromatic carbocycles. The fraction of sp³-hybridized carbons (Fsp3) is 0.111. The van der Waals surface area contributed by atoms with Crippen LogP contribution in [0.15, 0.2) is 59.9 Å². The second-order valence-corrected chi connectivity index (χ2v) is 6.72. The molecule has 3 rings (SSSR count). The molecule has 1 amide bonds. The Morgan fingerprint density at radius 2 is 2.04 bits per heavy atom. The zero-order valence-electron chi connectivity index (χ0n) is 13.4. The molecule has 1 aromatic heterocycles. The molecule has 0 unspecified atom stereocenters. The second-order valence-electron chi connectivity index (χ2n) is 5.34. The Bertz CT molecular complexity index is 896. The topological polar surface area (TPSA) is 46.9 Å². The van der Waals surface area contributed by atoms with Crippen LogP contribution in [0.25, 0.3) is 11.3 Å². The van der Waals surface area contributed by atoms with Crippen LogP contribution in [0.5, 0.6) is 0 Å². The van der Waals surface area contributed by atoms with E-state index in [1.165, 1.54) is 23.9 Å². The van der Waals surface area contributed by atoms with Crippen LogP contribution in [0.2, 0.25) is 5.02 Å². The Morgan fingerprint density at radius 1 is 1.28 bits per heavy atom. The van der Waals surface area contributed by atoms with E-state index in [2.05, 4.69) is 10.3 Å². The lowest BCUT2D eigenvalue weighted by atomic mass is 10.2. The standard InChI is InChI=1S/C18H15ClFN3OS/c1-23-16(12-5-7-14(20)8-6-12)10-21-18(23)25-11-17(24)22-15-4-2-3-13(19)9-15/h2-10H,11H2,1H3,(H,22,24). The maximum atomic E-state index is 13.0. The Labute approximate surface area is 154 Å². The van der Waals surface area contributed by atoms with Crippen LogP contribution >= 0.6 is 23.4 Å². The minimum Gasteiger partial charge on any atom is -0.325 e. The predicted octanol–water partition coefficient (Wildman–Crippen LogP) is 4.61. The normalized spacial score (nSPS) is 10.7. The van der Waals surface area contributed by atoms with Gasteiger partial charge < -0.3 is 9.88 Å². The SMILES string of the molecule is Cn1c(-c2ccc(F)cc2)cnc1SCC(=O)Nc1cccc(Cl)c1. The Balaban J connectivity index is 1.64. The summed E-state index contributed by atoms with van der Waals surface area (Å²) in [5, 5.41) is 4.07. The van der Waals surface area contributed by atoms with E-state index in [0.29, 0.717) is 15.9 Å². The third-order valence-corrected chi connectivity index (χ3v) is 4.81. The van der Waals surface area contributed by atoms with Crippen LogP contribution in [0, 0.1) is 5.82 Å². The number of nitrogens with zero attached hydrogens (tertiary/aromatic N) is 2. The molecule has 0 aliphatic heterocycles. The summed E-state index contributed by atoms with van der Waals surface area (Å²) in [6.45, 7) is 0. The fourth-order valence-electron chi connectivity index (χ4n) is 2.31. The molecule has 0 spiro atoms. The number of benzene rings is 2. The van der Waals surface area contributed by atoms with Crippen molar-refractivity contribution in [1.29, 1.82) is 0 Å². The van der Waals surface area contributed by atoms with E-state index < -0.39 is 0 Å². The minimum absolute atomic E-state index is 0.140. The Kier molecular flexibility index (Phi) is 5.40. The van der Waals surface area contributed by atoms with Crippen molar-refractivity contribution in [2.45, 2.75) is 5.16 Å². The van der Waals surface area contributed by atoms with Crippen molar-refractivity contribution in [3.8, 4) is 11.3 Å². The summed E-state index contributed by atoms with van der Waals surface area (Å²) in [6.07, 6.45) is 1.71. The quantitative estimate of drug-likeness (QED) is 0.662. The maximum Gasteiger partial charge on any atom is 0.234 e. The van der Waals surface area contributed by atoms with Crippen LogP contribution in [-0.4, -0.2) is 21.2 Å². The molecule has 128 valence electrons. The first-order chi connectivity index (χ1) is 12.0. The van der Waals surface area contributed by atoms with Crippen molar-refractivity contribution >= 4 is 35.0 Å². The fourth-order valence-corrected chi connectivity index (χ4v) is 3.25. The number of anilines is 1. The van der Waals surface area contributed by atoms with E-state index in [0.717, 1.165) is 11.3 Å². The molecule has 0 bridgehead atoms. The van der Waals surface area contributed by atoms with Gasteiger partial charge in [0, 0.05) is 17.8 Å². The van der Waals surface area contributed by atoms with Gasteiger partial charge in [0.25, 0.3) is 0 Å². The third kappa shape index (κ3) is 4.41. The lowest BCUT2D eigenvalue weighted by Gasteiger charge is -2.07. The smallest absolute Gasteiger partial charge is 0.234 e. The minimum atomic E-state index is -0.279. The van der Waals surface area contributed by atoms with Gasteiger partial charge in [-0.05, 0) is 48.0 Å². The molecule has 0 atom stereocenters. The number of carbonyl (C=O) groups is 1. The maximum absolute atomic E-state index is 13.0. The molecule has 0 aliphatic rings. The number of imidazole rings is 1. The average Bonchev–Trinajstić information content (AvgIpc) is 2.94. The number of thioether (sulfide) groups is 1. The van der Waals surface area contributed by atoms with E-state index >= 15 is 0 Å². The van der Waals surface area contributed by atoms with Crippen molar-refractivity contribution in [3.05, 3.63) is 65.6 Å². The van der Waals surface area contributed by atoms with Crippen LogP contribution in [-0.2, 0) is 11.8 Å².